The zero-order valence-electron chi connectivity index (χ0n) is 21.4. The molecule has 0 radical (unpaired) electrons. The van der Waals surface area contributed by atoms with Gasteiger partial charge in [-0.05, 0) is 76.1 Å². The maximum Gasteiger partial charge on any atom is 0.329 e. The van der Waals surface area contributed by atoms with E-state index in [-0.39, 0.29) is 24.4 Å². The first-order chi connectivity index (χ1) is 17.3. The molecule has 0 bridgehead atoms. The Morgan fingerprint density at radius 1 is 1.24 bits per heavy atom. The van der Waals surface area contributed by atoms with Crippen LogP contribution in [-0.4, -0.2) is 58.7 Å². The van der Waals surface area contributed by atoms with E-state index in [1.807, 2.05) is 6.92 Å². The summed E-state index contributed by atoms with van der Waals surface area (Å²) in [6, 6.07) is 8.22. The molecule has 2 atom stereocenters. The molecule has 1 aliphatic rings. The fourth-order valence-electron chi connectivity index (χ4n) is 4.35. The Bertz CT molecular complexity index is 1450. The normalized spacial score (nSPS) is 17.5. The Hall–Kier alpha value is -2.53. The van der Waals surface area contributed by atoms with Crippen LogP contribution in [0.2, 0.25) is 5.02 Å². The molecule has 4 rings (SSSR count). The Labute approximate surface area is 226 Å². The van der Waals surface area contributed by atoms with E-state index in [4.69, 9.17) is 16.3 Å². The van der Waals surface area contributed by atoms with Crippen molar-refractivity contribution in [3.8, 4) is 0 Å². The van der Waals surface area contributed by atoms with Gasteiger partial charge in [0.25, 0.3) is 0 Å². The molecular formula is C26H30ClN3O5S2. The highest BCUT2D eigenvalue weighted by Crippen LogP contribution is 2.31. The molecule has 1 aliphatic heterocycles. The van der Waals surface area contributed by atoms with Crippen molar-refractivity contribution in [2.45, 2.75) is 70.2 Å². The maximum atomic E-state index is 14.0. The highest BCUT2D eigenvalue weighted by Gasteiger charge is 2.45. The minimum Gasteiger partial charge on any atom is -0.458 e. The second-order valence-electron chi connectivity index (χ2n) is 10.1. The Balaban J connectivity index is 1.68. The van der Waals surface area contributed by atoms with Crippen molar-refractivity contribution in [3.63, 3.8) is 0 Å². The zero-order chi connectivity index (χ0) is 27.1. The summed E-state index contributed by atoms with van der Waals surface area (Å²) >= 11 is 7.49. The van der Waals surface area contributed by atoms with Crippen molar-refractivity contribution in [1.29, 1.82) is 0 Å². The molecule has 1 fully saturated rings. The molecule has 0 spiro atoms. The van der Waals surface area contributed by atoms with E-state index in [1.54, 1.807) is 63.4 Å². The lowest BCUT2D eigenvalue weighted by atomic mass is 10.1. The minimum atomic E-state index is -4.10. The van der Waals surface area contributed by atoms with Crippen molar-refractivity contribution < 1.29 is 22.7 Å². The van der Waals surface area contributed by atoms with Crippen LogP contribution in [0.1, 0.15) is 44.8 Å². The number of sulfonamides is 1. The van der Waals surface area contributed by atoms with E-state index in [2.05, 4.69) is 4.98 Å². The highest BCUT2D eigenvalue weighted by atomic mass is 35.5. The number of hydrogen-bond acceptors (Lipinski definition) is 7. The van der Waals surface area contributed by atoms with Gasteiger partial charge in [-0.3, -0.25) is 4.79 Å². The Morgan fingerprint density at radius 3 is 2.57 bits per heavy atom. The van der Waals surface area contributed by atoms with Crippen LogP contribution in [-0.2, 0) is 30.9 Å². The first kappa shape index (κ1) is 27.5. The lowest BCUT2D eigenvalue weighted by Gasteiger charge is -2.29. The number of aromatic nitrogens is 1. The van der Waals surface area contributed by atoms with Crippen molar-refractivity contribution in [2.24, 2.45) is 0 Å². The molecule has 0 aliphatic carbocycles. The number of fused-ring (bicyclic) bond motifs is 1. The molecule has 3 aromatic rings. The topological polar surface area (TPSA) is 96.9 Å². The molecule has 11 heteroatoms. The number of likely N-dealkylation sites (tertiary alicyclic amines) is 1. The fraction of sp³-hybridized carbons (Fsp3) is 0.423. The molecule has 8 nitrogen and oxygen atoms in total. The third-order valence-electron chi connectivity index (χ3n) is 6.14. The van der Waals surface area contributed by atoms with Crippen LogP contribution in [0.15, 0.2) is 46.7 Å². The average Bonchev–Trinajstić information content (AvgIpc) is 3.40. The molecule has 198 valence electrons. The van der Waals surface area contributed by atoms with Crippen LogP contribution in [0.5, 0.6) is 0 Å². The molecular weight excluding hydrogens is 534 g/mol. The van der Waals surface area contributed by atoms with Crippen LogP contribution in [0.4, 0.5) is 0 Å². The number of hydrogen-bond donors (Lipinski definition) is 0. The number of carbonyl (C=O) groups excluding carboxylic acids is 2. The number of carbonyl (C=O) groups is 2. The zero-order valence-corrected chi connectivity index (χ0v) is 23.8. The first-order valence-electron chi connectivity index (χ1n) is 11.9. The van der Waals surface area contributed by atoms with Crippen LogP contribution < -0.4 is 0 Å². The fourth-order valence-corrected chi connectivity index (χ4v) is 6.75. The van der Waals surface area contributed by atoms with Gasteiger partial charge in [-0.2, -0.15) is 4.31 Å². The van der Waals surface area contributed by atoms with Gasteiger partial charge in [0.1, 0.15) is 17.7 Å². The summed E-state index contributed by atoms with van der Waals surface area (Å²) < 4.78 is 34.7. The van der Waals surface area contributed by atoms with Gasteiger partial charge >= 0.3 is 5.97 Å². The summed E-state index contributed by atoms with van der Waals surface area (Å²) in [7, 11) is -4.10. The van der Waals surface area contributed by atoms with Gasteiger partial charge in [0.2, 0.25) is 15.9 Å². The molecule has 0 N–H and O–H groups in total. The number of halogens is 1. The van der Waals surface area contributed by atoms with Crippen molar-refractivity contribution in [2.75, 3.05) is 6.54 Å². The van der Waals surface area contributed by atoms with Crippen molar-refractivity contribution in [3.05, 3.63) is 57.5 Å². The molecule has 37 heavy (non-hydrogen) atoms. The van der Waals surface area contributed by atoms with Gasteiger partial charge in [0.05, 0.1) is 22.1 Å². The quantitative estimate of drug-likeness (QED) is 0.384. The summed E-state index contributed by atoms with van der Waals surface area (Å²) in [6.45, 7) is 8.90. The summed E-state index contributed by atoms with van der Waals surface area (Å²) in [5.74, 6) is -0.958. The van der Waals surface area contributed by atoms with Crippen LogP contribution in [0.25, 0.3) is 10.8 Å². The number of esters is 1. The van der Waals surface area contributed by atoms with Crippen LogP contribution >= 0.6 is 22.9 Å². The molecule has 0 saturated carbocycles. The highest BCUT2D eigenvalue weighted by molar-refractivity contribution is 7.89. The van der Waals surface area contributed by atoms with E-state index in [9.17, 15) is 18.0 Å². The van der Waals surface area contributed by atoms with E-state index in [1.165, 1.54) is 26.6 Å². The molecule has 1 amide bonds. The van der Waals surface area contributed by atoms with Crippen LogP contribution in [0, 0.1) is 6.92 Å². The van der Waals surface area contributed by atoms with Gasteiger partial charge in [0, 0.05) is 16.9 Å². The number of ether oxygens (including phenoxy) is 1. The second kappa shape index (κ2) is 10.3. The number of benzene rings is 2. The lowest BCUT2D eigenvalue weighted by Crippen LogP contribution is -2.49. The summed E-state index contributed by atoms with van der Waals surface area (Å²) in [5, 5.41) is 4.67. The third-order valence-corrected chi connectivity index (χ3v) is 9.05. The van der Waals surface area contributed by atoms with Gasteiger partial charge in [0.15, 0.2) is 0 Å². The monoisotopic (exact) mass is 563 g/mol. The molecule has 0 unspecified atom stereocenters. The number of amides is 1. The third kappa shape index (κ3) is 5.98. The largest absolute Gasteiger partial charge is 0.458 e. The minimum absolute atomic E-state index is 0.0591. The number of aryl methyl sites for hydroxylation is 1. The molecule has 1 aromatic heterocycles. The van der Waals surface area contributed by atoms with E-state index >= 15 is 0 Å². The predicted molar refractivity (Wildman–Crippen MR) is 144 cm³/mol. The van der Waals surface area contributed by atoms with Gasteiger partial charge < -0.3 is 9.64 Å². The van der Waals surface area contributed by atoms with Crippen LogP contribution in [0.3, 0.4) is 0 Å². The number of rotatable bonds is 7. The number of nitrogens with zero attached hydrogens (tertiary/aromatic N) is 3. The Morgan fingerprint density at radius 2 is 1.92 bits per heavy atom. The molecule has 2 heterocycles. The SMILES string of the molecule is Cc1nc(CN([C@H]2CCN([C@@H](C)C(=O)OC(C)(C)C)C2=O)S(=O)(=O)c2ccc3cc(Cl)ccc3c2)cs1. The summed E-state index contributed by atoms with van der Waals surface area (Å²) in [6.07, 6.45) is 0.248. The second-order valence-corrected chi connectivity index (χ2v) is 13.5. The first-order valence-corrected chi connectivity index (χ1v) is 14.6. The van der Waals surface area contributed by atoms with Gasteiger partial charge in [-0.15, -0.1) is 11.3 Å². The van der Waals surface area contributed by atoms with Crippen molar-refractivity contribution in [1.82, 2.24) is 14.2 Å². The average molecular weight is 564 g/mol. The molecule has 1 saturated heterocycles. The molecule has 2 aromatic carbocycles. The van der Waals surface area contributed by atoms with Gasteiger partial charge in [-0.1, -0.05) is 23.7 Å². The summed E-state index contributed by atoms with van der Waals surface area (Å²) in [4.78, 5) is 32.1. The standard InChI is InChI=1S/C26H30ClN3O5S2/c1-16(25(32)35-26(3,4)5)29-11-10-23(24(29)31)30(14-21-15-36-17(2)28-21)37(33,34)22-9-7-18-12-20(27)8-6-19(18)13-22/h6-9,12-13,15-16,23H,10-11,14H2,1-5H3/t16-,23-/m0/s1. The van der Waals surface area contributed by atoms with E-state index < -0.39 is 39.6 Å². The summed E-state index contributed by atoms with van der Waals surface area (Å²) in [5.41, 5.74) is -0.142. The van der Waals surface area contributed by atoms with E-state index in [0.29, 0.717) is 16.1 Å². The lowest BCUT2D eigenvalue weighted by molar-refractivity contribution is -0.163. The van der Waals surface area contributed by atoms with Crippen molar-refractivity contribution >= 4 is 55.6 Å². The van der Waals surface area contributed by atoms with E-state index in [0.717, 1.165) is 10.4 Å². The smallest absolute Gasteiger partial charge is 0.329 e. The predicted octanol–water partition coefficient (Wildman–Crippen LogP) is 4.78. The Kier molecular flexibility index (Phi) is 7.67. The van der Waals surface area contributed by atoms with Gasteiger partial charge in [-0.25, -0.2) is 18.2 Å². The maximum absolute atomic E-state index is 14.0. The number of thiazole rings is 1.